The fraction of sp³-hybridized carbons (Fsp3) is 0.388. The molecule has 6 aromatic rings. The molecule has 4 aromatic heterocycles. The first-order valence-corrected chi connectivity index (χ1v) is 23.3. The summed E-state index contributed by atoms with van der Waals surface area (Å²) in [5, 5.41) is 7.05. The minimum atomic E-state index is -1.08. The molecule has 3 aliphatic heterocycles. The second kappa shape index (κ2) is 21.5. The van der Waals surface area contributed by atoms with Crippen molar-refractivity contribution >= 4 is 50.7 Å². The number of carbonyl (C=O) groups is 4. The molecule has 340 valence electrons. The van der Waals surface area contributed by atoms with Gasteiger partial charge in [0.05, 0.1) is 20.7 Å². The number of amides is 4. The first kappa shape index (κ1) is 45.2. The van der Waals surface area contributed by atoms with Gasteiger partial charge in [0.15, 0.2) is 23.1 Å². The number of carbonyl (C=O) groups excluding carboxylic acids is 4. The van der Waals surface area contributed by atoms with Gasteiger partial charge in [-0.25, -0.2) is 13.8 Å². The molecule has 0 atom stereocenters. The summed E-state index contributed by atoms with van der Waals surface area (Å²) in [6.45, 7) is 4.18. The van der Waals surface area contributed by atoms with E-state index >= 15 is 0 Å². The average molecular weight is 906 g/mol. The van der Waals surface area contributed by atoms with Crippen LogP contribution in [0.5, 0.6) is 11.5 Å². The van der Waals surface area contributed by atoms with Crippen LogP contribution in [0.3, 0.4) is 0 Å². The van der Waals surface area contributed by atoms with E-state index in [1.54, 1.807) is 54.1 Å². The van der Waals surface area contributed by atoms with E-state index < -0.39 is 17.5 Å². The van der Waals surface area contributed by atoms with Crippen molar-refractivity contribution in [1.82, 2.24) is 34.8 Å². The number of thiophene rings is 1. The number of imidazole rings is 1. The molecule has 9 rings (SSSR count). The molecule has 2 saturated heterocycles. The van der Waals surface area contributed by atoms with Gasteiger partial charge >= 0.3 is 0 Å². The Morgan fingerprint density at radius 2 is 1.40 bits per heavy atom. The van der Waals surface area contributed by atoms with Gasteiger partial charge in [0.2, 0.25) is 6.79 Å². The number of piperidine rings is 2. The van der Waals surface area contributed by atoms with Crippen LogP contribution >= 0.6 is 11.3 Å². The summed E-state index contributed by atoms with van der Waals surface area (Å²) >= 11 is 1.48. The number of aromatic nitrogens is 3. The molecule has 65 heavy (non-hydrogen) atoms. The summed E-state index contributed by atoms with van der Waals surface area (Å²) in [4.78, 5) is 62.6. The van der Waals surface area contributed by atoms with Crippen LogP contribution in [-0.2, 0) is 0 Å². The smallest absolute Gasteiger partial charge is 0.261 e. The molecule has 0 aliphatic carbocycles. The number of hydrogen-bond acceptors (Lipinski definition) is 9. The van der Waals surface area contributed by atoms with Crippen LogP contribution in [0.25, 0.3) is 15.7 Å². The van der Waals surface area contributed by atoms with Crippen molar-refractivity contribution in [3.63, 3.8) is 0 Å². The quantitative estimate of drug-likeness (QED) is 0.103. The van der Waals surface area contributed by atoms with E-state index in [0.29, 0.717) is 60.6 Å². The molecule has 0 spiro atoms. The number of hydrogen-bond donors (Lipinski definition) is 2. The lowest BCUT2D eigenvalue weighted by atomic mass is 9.91. The molecule has 2 aromatic carbocycles. The minimum Gasteiger partial charge on any atom is -0.454 e. The SMILES string of the molecule is O=C(NCCCCC1CCN(C(=O)c2ccc3c(c2)OCO3)CC1)c1cc2ccncc2s1.O=C(NCCCCC1CCN(C(=O)c2cccc(F)c2F)CC1)c1ccc2nccn2c1. The third-order valence-electron chi connectivity index (χ3n) is 12.5. The Balaban J connectivity index is 0.000000177. The average Bonchev–Trinajstić information content (AvgIpc) is 4.12. The van der Waals surface area contributed by atoms with E-state index in [-0.39, 0.29) is 30.1 Å². The van der Waals surface area contributed by atoms with Crippen molar-refractivity contribution < 1.29 is 37.4 Å². The van der Waals surface area contributed by atoms with Gasteiger partial charge in [-0.15, -0.1) is 11.3 Å². The molecule has 13 nitrogen and oxygen atoms in total. The summed E-state index contributed by atoms with van der Waals surface area (Å²) in [5.74, 6) is -0.0964. The van der Waals surface area contributed by atoms with Crippen LogP contribution in [0, 0.1) is 23.5 Å². The van der Waals surface area contributed by atoms with Crippen molar-refractivity contribution in [2.45, 2.75) is 64.2 Å². The molecular weight excluding hydrogens is 853 g/mol. The summed E-state index contributed by atoms with van der Waals surface area (Å²) < 4.78 is 40.8. The van der Waals surface area contributed by atoms with Crippen LogP contribution in [0.2, 0.25) is 0 Å². The lowest BCUT2D eigenvalue weighted by Crippen LogP contribution is -2.39. The third-order valence-corrected chi connectivity index (χ3v) is 13.5. The zero-order chi connectivity index (χ0) is 45.1. The number of halogens is 2. The molecule has 0 bridgehead atoms. The summed E-state index contributed by atoms with van der Waals surface area (Å²) in [6, 6.07) is 16.5. The monoisotopic (exact) mass is 905 g/mol. The molecule has 0 unspecified atom stereocenters. The summed E-state index contributed by atoms with van der Waals surface area (Å²) in [7, 11) is 0. The molecule has 3 aliphatic rings. The first-order chi connectivity index (χ1) is 31.7. The summed E-state index contributed by atoms with van der Waals surface area (Å²) in [6.07, 6.45) is 18.6. The molecule has 0 saturated carbocycles. The van der Waals surface area contributed by atoms with Gasteiger partial charge in [-0.1, -0.05) is 31.7 Å². The van der Waals surface area contributed by atoms with E-state index in [2.05, 4.69) is 20.6 Å². The lowest BCUT2D eigenvalue weighted by Gasteiger charge is -2.32. The van der Waals surface area contributed by atoms with E-state index in [1.165, 1.54) is 23.5 Å². The van der Waals surface area contributed by atoms with Crippen molar-refractivity contribution in [3.8, 4) is 11.5 Å². The minimum absolute atomic E-state index is 0.00784. The van der Waals surface area contributed by atoms with Crippen molar-refractivity contribution in [2.24, 2.45) is 11.8 Å². The number of benzene rings is 2. The van der Waals surface area contributed by atoms with E-state index in [1.807, 2.05) is 33.6 Å². The molecule has 2 fully saturated rings. The molecule has 0 radical (unpaired) electrons. The van der Waals surface area contributed by atoms with Gasteiger partial charge in [-0.05, 0) is 110 Å². The number of nitrogens with one attached hydrogen (secondary N) is 2. The molecule has 16 heteroatoms. The van der Waals surface area contributed by atoms with E-state index in [9.17, 15) is 28.0 Å². The zero-order valence-corrected chi connectivity index (χ0v) is 37.0. The Bertz CT molecular complexity index is 2590. The largest absolute Gasteiger partial charge is 0.454 e. The molecule has 4 amide bonds. The number of pyridine rings is 2. The molecule has 7 heterocycles. The van der Waals surface area contributed by atoms with Crippen molar-refractivity contribution in [2.75, 3.05) is 46.1 Å². The topological polar surface area (TPSA) is 147 Å². The number of fused-ring (bicyclic) bond motifs is 3. The maximum Gasteiger partial charge on any atom is 0.261 e. The van der Waals surface area contributed by atoms with E-state index in [0.717, 1.165) is 104 Å². The van der Waals surface area contributed by atoms with Crippen LogP contribution < -0.4 is 20.1 Å². The molecular formula is C49H53F2N7O6S. The first-order valence-electron chi connectivity index (χ1n) is 22.4. The van der Waals surface area contributed by atoms with Gasteiger partial charge in [-0.3, -0.25) is 24.2 Å². The fourth-order valence-electron chi connectivity index (χ4n) is 8.66. The normalized spacial score (nSPS) is 15.2. The Labute approximate surface area is 380 Å². The van der Waals surface area contributed by atoms with E-state index in [4.69, 9.17) is 9.47 Å². The number of nitrogens with zero attached hydrogens (tertiary/aromatic N) is 5. The Hall–Kier alpha value is -6.42. The van der Waals surface area contributed by atoms with Gasteiger partial charge < -0.3 is 34.3 Å². The highest BCUT2D eigenvalue weighted by atomic mass is 32.1. The van der Waals surface area contributed by atoms with Crippen LogP contribution in [0.1, 0.15) is 105 Å². The Morgan fingerprint density at radius 3 is 2.12 bits per heavy atom. The zero-order valence-electron chi connectivity index (χ0n) is 36.2. The lowest BCUT2D eigenvalue weighted by molar-refractivity contribution is 0.0674. The second-order valence-electron chi connectivity index (χ2n) is 16.8. The highest BCUT2D eigenvalue weighted by Gasteiger charge is 2.27. The van der Waals surface area contributed by atoms with Crippen LogP contribution in [0.4, 0.5) is 8.78 Å². The van der Waals surface area contributed by atoms with Crippen molar-refractivity contribution in [3.05, 3.63) is 125 Å². The maximum absolute atomic E-state index is 13.9. The van der Waals surface area contributed by atoms with Crippen LogP contribution in [0.15, 0.2) is 91.6 Å². The number of ether oxygens (including phenoxy) is 2. The predicted molar refractivity (Wildman–Crippen MR) is 243 cm³/mol. The van der Waals surface area contributed by atoms with Gasteiger partial charge in [0, 0.05) is 75.8 Å². The predicted octanol–water partition coefficient (Wildman–Crippen LogP) is 8.54. The molecule has 2 N–H and O–H groups in total. The highest BCUT2D eigenvalue weighted by molar-refractivity contribution is 7.20. The Morgan fingerprint density at radius 1 is 0.723 bits per heavy atom. The highest BCUT2D eigenvalue weighted by Crippen LogP contribution is 2.34. The fourth-order valence-corrected chi connectivity index (χ4v) is 9.61. The van der Waals surface area contributed by atoms with Crippen molar-refractivity contribution in [1.29, 1.82) is 0 Å². The number of rotatable bonds is 14. The Kier molecular flexibility index (Phi) is 14.9. The maximum atomic E-state index is 13.9. The standard InChI is InChI=1S/C25H27N3O4S.C24H26F2N4O2/c29-24(22-14-18-6-10-26-15-23(18)33-22)27-9-2-1-3-17-7-11-28(12-8-17)25(30)19-4-5-20-21(13-19)32-16-31-20;25-20-6-3-5-19(22(20)26)24(32)29-13-9-17(10-14-29)4-1-2-11-28-23(31)18-7-8-21-27-12-15-30(21)16-18/h4-6,10,13-15,17H,1-3,7-9,11-12,16H2,(H,27,29);3,5-8,12,15-17H,1-2,4,9-11,13-14H2,(H,28,31). The van der Waals surface area contributed by atoms with Crippen LogP contribution in [-0.4, -0.2) is 93.9 Å². The summed E-state index contributed by atoms with van der Waals surface area (Å²) in [5.41, 5.74) is 1.85. The third kappa shape index (κ3) is 11.5. The van der Waals surface area contributed by atoms with Gasteiger partial charge in [0.1, 0.15) is 5.65 Å². The van der Waals surface area contributed by atoms with Gasteiger partial charge in [0.25, 0.3) is 23.6 Å². The number of likely N-dealkylation sites (tertiary alicyclic amines) is 2. The van der Waals surface area contributed by atoms with Gasteiger partial charge in [-0.2, -0.15) is 0 Å². The second-order valence-corrected chi connectivity index (χ2v) is 17.9. The number of unbranched alkanes of at least 4 members (excludes halogenated alkanes) is 2.